The summed E-state index contributed by atoms with van der Waals surface area (Å²) in [5.74, 6) is 1.17. The fraction of sp³-hybridized carbons (Fsp3) is 0.350. The van der Waals surface area contributed by atoms with Gasteiger partial charge in [-0.3, -0.25) is 0 Å². The van der Waals surface area contributed by atoms with Crippen LogP contribution in [0.5, 0.6) is 0 Å². The second-order valence-electron chi connectivity index (χ2n) is 7.34. The second-order valence-corrected chi connectivity index (χ2v) is 9.47. The number of ether oxygens (including phenoxy) is 1. The maximum Gasteiger partial charge on any atom is 0.239 e. The van der Waals surface area contributed by atoms with Gasteiger partial charge in [0.25, 0.3) is 0 Å². The monoisotopic (exact) mass is 426 g/mol. The molecular weight excluding hydrogens is 404 g/mol. The first kappa shape index (κ1) is 19.0. The van der Waals surface area contributed by atoms with Gasteiger partial charge in [-0.05, 0) is 32.0 Å². The average molecular weight is 427 g/mol. The lowest BCUT2D eigenvalue weighted by Crippen LogP contribution is -2.44. The summed E-state index contributed by atoms with van der Waals surface area (Å²) in [6, 6.07) is 5.67. The van der Waals surface area contributed by atoms with Crippen molar-refractivity contribution in [3.05, 3.63) is 36.8 Å². The molecule has 30 heavy (non-hydrogen) atoms. The number of rotatable bonds is 4. The van der Waals surface area contributed by atoms with E-state index in [0.29, 0.717) is 36.6 Å². The van der Waals surface area contributed by atoms with Gasteiger partial charge in [0, 0.05) is 36.1 Å². The van der Waals surface area contributed by atoms with Gasteiger partial charge >= 0.3 is 0 Å². The number of anilines is 1. The van der Waals surface area contributed by atoms with E-state index in [1.807, 2.05) is 18.3 Å². The molecule has 0 amide bonds. The van der Waals surface area contributed by atoms with Crippen molar-refractivity contribution in [2.75, 3.05) is 30.4 Å². The van der Waals surface area contributed by atoms with Gasteiger partial charge in [0.05, 0.1) is 30.4 Å². The second kappa shape index (κ2) is 7.06. The number of hydrogen-bond donors (Lipinski definition) is 1. The summed E-state index contributed by atoms with van der Waals surface area (Å²) in [6.07, 6.45) is 5.07. The topological polar surface area (TPSA) is 106 Å². The lowest BCUT2D eigenvalue weighted by molar-refractivity contribution is 0.0987. The predicted molar refractivity (Wildman–Crippen MR) is 115 cm³/mol. The van der Waals surface area contributed by atoms with Crippen LogP contribution in [0.25, 0.3) is 33.5 Å². The van der Waals surface area contributed by atoms with Crippen LogP contribution < -0.4 is 4.90 Å². The number of nitrogens with one attached hydrogen (secondary N) is 1. The molecule has 1 atom stereocenters. The van der Waals surface area contributed by atoms with Crippen molar-refractivity contribution in [3.8, 4) is 11.4 Å². The molecule has 156 valence electrons. The first-order chi connectivity index (χ1) is 14.5. The van der Waals surface area contributed by atoms with Crippen LogP contribution in [0.3, 0.4) is 0 Å². The van der Waals surface area contributed by atoms with E-state index >= 15 is 0 Å². The minimum Gasteiger partial charge on any atom is -0.377 e. The molecule has 9 nitrogen and oxygen atoms in total. The highest BCUT2D eigenvalue weighted by Gasteiger charge is 2.26. The van der Waals surface area contributed by atoms with E-state index in [4.69, 9.17) is 14.7 Å². The van der Waals surface area contributed by atoms with Crippen molar-refractivity contribution >= 4 is 37.9 Å². The maximum absolute atomic E-state index is 12.7. The van der Waals surface area contributed by atoms with Crippen molar-refractivity contribution in [1.82, 2.24) is 23.9 Å². The van der Waals surface area contributed by atoms with Crippen molar-refractivity contribution in [2.45, 2.75) is 19.9 Å². The number of pyridine rings is 1. The molecule has 1 aliphatic heterocycles. The fourth-order valence-corrected chi connectivity index (χ4v) is 4.80. The first-order valence-electron chi connectivity index (χ1n) is 9.89. The van der Waals surface area contributed by atoms with Gasteiger partial charge in [0.15, 0.2) is 11.5 Å². The zero-order chi connectivity index (χ0) is 20.9. The van der Waals surface area contributed by atoms with Crippen LogP contribution in [0.4, 0.5) is 5.82 Å². The summed E-state index contributed by atoms with van der Waals surface area (Å²) in [5, 5.41) is 1.60. The average Bonchev–Trinajstić information content (AvgIpc) is 3.40. The largest absolute Gasteiger partial charge is 0.377 e. The number of aromatic nitrogens is 5. The van der Waals surface area contributed by atoms with Crippen LogP contribution >= 0.6 is 0 Å². The Kier molecular flexibility index (Phi) is 4.48. The van der Waals surface area contributed by atoms with E-state index in [1.165, 1.54) is 3.97 Å². The molecule has 10 heteroatoms. The molecule has 4 aromatic rings. The van der Waals surface area contributed by atoms with Crippen LogP contribution in [0.2, 0.25) is 0 Å². The molecule has 1 aliphatic rings. The van der Waals surface area contributed by atoms with E-state index in [9.17, 15) is 8.42 Å². The van der Waals surface area contributed by atoms with Gasteiger partial charge in [0.1, 0.15) is 11.5 Å². The number of fused-ring (bicyclic) bond motifs is 2. The van der Waals surface area contributed by atoms with Crippen LogP contribution in [0.1, 0.15) is 13.8 Å². The quantitative estimate of drug-likeness (QED) is 0.534. The zero-order valence-corrected chi connectivity index (χ0v) is 17.6. The number of aromatic amines is 1. The van der Waals surface area contributed by atoms with Gasteiger partial charge in [-0.15, -0.1) is 0 Å². The smallest absolute Gasteiger partial charge is 0.239 e. The summed E-state index contributed by atoms with van der Waals surface area (Å²) in [7, 11) is -3.51. The third-order valence-corrected chi connectivity index (χ3v) is 7.12. The summed E-state index contributed by atoms with van der Waals surface area (Å²) < 4.78 is 32.2. The van der Waals surface area contributed by atoms with Crippen LogP contribution in [0.15, 0.2) is 36.8 Å². The summed E-state index contributed by atoms with van der Waals surface area (Å²) >= 11 is 0. The zero-order valence-electron chi connectivity index (χ0n) is 16.7. The minimum atomic E-state index is -3.51. The van der Waals surface area contributed by atoms with Gasteiger partial charge in [-0.2, -0.15) is 0 Å². The van der Waals surface area contributed by atoms with Crippen molar-refractivity contribution in [2.24, 2.45) is 0 Å². The summed E-state index contributed by atoms with van der Waals surface area (Å²) in [6.45, 7) is 5.56. The molecule has 0 radical (unpaired) electrons. The molecule has 0 saturated carbocycles. The Hall–Kier alpha value is -2.98. The fourth-order valence-electron chi connectivity index (χ4n) is 3.88. The SMILES string of the molecule is CCS(=O)(=O)n1ccc2c(N3CCOC[C@H]3C)nc(-c3ccnc4[nH]ccc34)nc21. The Labute approximate surface area is 173 Å². The van der Waals surface area contributed by atoms with Crippen molar-refractivity contribution in [3.63, 3.8) is 0 Å². The van der Waals surface area contributed by atoms with Gasteiger partial charge < -0.3 is 14.6 Å². The molecule has 5 rings (SSSR count). The highest BCUT2D eigenvalue weighted by Crippen LogP contribution is 2.33. The van der Waals surface area contributed by atoms with Crippen LogP contribution in [-0.4, -0.2) is 63.9 Å². The highest BCUT2D eigenvalue weighted by molar-refractivity contribution is 7.90. The molecule has 0 aromatic carbocycles. The normalized spacial score (nSPS) is 17.8. The third kappa shape index (κ3) is 2.94. The lowest BCUT2D eigenvalue weighted by atomic mass is 10.1. The van der Waals surface area contributed by atoms with E-state index < -0.39 is 10.0 Å². The van der Waals surface area contributed by atoms with E-state index in [2.05, 4.69) is 21.8 Å². The Morgan fingerprint density at radius 2 is 2.10 bits per heavy atom. The van der Waals surface area contributed by atoms with Gasteiger partial charge in [0.2, 0.25) is 10.0 Å². The lowest BCUT2D eigenvalue weighted by Gasteiger charge is -2.34. The molecule has 1 N–H and O–H groups in total. The molecule has 4 aromatic heterocycles. The molecule has 1 saturated heterocycles. The van der Waals surface area contributed by atoms with Crippen LogP contribution in [0, 0.1) is 0 Å². The van der Waals surface area contributed by atoms with Gasteiger partial charge in [-0.25, -0.2) is 27.3 Å². The van der Waals surface area contributed by atoms with Crippen molar-refractivity contribution < 1.29 is 13.2 Å². The number of hydrogen-bond acceptors (Lipinski definition) is 7. The van der Waals surface area contributed by atoms with E-state index in [-0.39, 0.29) is 11.8 Å². The summed E-state index contributed by atoms with van der Waals surface area (Å²) in [5.41, 5.74) is 1.91. The molecule has 0 bridgehead atoms. The molecule has 5 heterocycles. The molecular formula is C20H22N6O3S. The van der Waals surface area contributed by atoms with E-state index in [0.717, 1.165) is 22.4 Å². The van der Waals surface area contributed by atoms with Crippen molar-refractivity contribution in [1.29, 1.82) is 0 Å². The van der Waals surface area contributed by atoms with Crippen LogP contribution in [-0.2, 0) is 14.8 Å². The number of morpholine rings is 1. The number of nitrogens with zero attached hydrogens (tertiary/aromatic N) is 5. The highest BCUT2D eigenvalue weighted by atomic mass is 32.2. The third-order valence-electron chi connectivity index (χ3n) is 5.50. The predicted octanol–water partition coefficient (Wildman–Crippen LogP) is 2.40. The van der Waals surface area contributed by atoms with Gasteiger partial charge in [-0.1, -0.05) is 0 Å². The Morgan fingerprint density at radius 1 is 1.23 bits per heavy atom. The van der Waals surface area contributed by atoms with E-state index in [1.54, 1.807) is 25.4 Å². The standard InChI is InChI=1S/C20H22N6O3S/c1-3-30(27,28)26-9-6-16-19(25-10-11-29-12-13(25)2)23-18(24-20(16)26)15-5-8-22-17-14(15)4-7-21-17/h4-9,13H,3,10-12H2,1-2H3,(H,21,22)/t13-/m1/s1. The number of H-pyrrole nitrogens is 1. The summed E-state index contributed by atoms with van der Waals surface area (Å²) in [4.78, 5) is 19.2. The first-order valence-corrected chi connectivity index (χ1v) is 11.5. The Bertz CT molecular complexity index is 1340. The Balaban J connectivity index is 1.81. The Morgan fingerprint density at radius 3 is 2.90 bits per heavy atom. The molecule has 0 unspecified atom stereocenters. The molecule has 1 fully saturated rings. The minimum absolute atomic E-state index is 0.0171. The maximum atomic E-state index is 12.7. The molecule has 0 aliphatic carbocycles. The molecule has 0 spiro atoms.